The first-order valence-corrected chi connectivity index (χ1v) is 5.10. The van der Waals surface area contributed by atoms with Gasteiger partial charge in [-0.2, -0.15) is 0 Å². The normalized spacial score (nSPS) is 12.5. The lowest BCUT2D eigenvalue weighted by Gasteiger charge is -2.04. The van der Waals surface area contributed by atoms with E-state index in [9.17, 15) is 17.9 Å². The van der Waals surface area contributed by atoms with E-state index in [1.54, 1.807) is 6.92 Å². The Kier molecular flexibility index (Phi) is 3.49. The highest BCUT2D eigenvalue weighted by Crippen LogP contribution is 2.09. The lowest BCUT2D eigenvalue weighted by atomic mass is 10.1. The van der Waals surface area contributed by atoms with E-state index in [0.29, 0.717) is 5.56 Å². The summed E-state index contributed by atoms with van der Waals surface area (Å²) < 4.78 is 33.4. The van der Waals surface area contributed by atoms with Crippen molar-refractivity contribution in [1.29, 1.82) is 0 Å². The number of hydrogen-bond acceptors (Lipinski definition) is 3. The molecule has 0 saturated heterocycles. The van der Waals surface area contributed by atoms with Gasteiger partial charge in [0.15, 0.2) is 5.78 Å². The number of rotatable bonds is 3. The number of ketones is 1. The molecule has 0 saturated carbocycles. The summed E-state index contributed by atoms with van der Waals surface area (Å²) in [6, 6.07) is 3.90. The van der Waals surface area contributed by atoms with Crippen LogP contribution >= 0.6 is 0 Å². The van der Waals surface area contributed by atoms with Crippen LogP contribution in [0.3, 0.4) is 0 Å². The monoisotopic (exact) mass is 215 g/mol. The van der Waals surface area contributed by atoms with Gasteiger partial charge in [0.05, 0.1) is 5.75 Å². The number of benzene rings is 1. The van der Waals surface area contributed by atoms with E-state index in [1.807, 2.05) is 0 Å². The summed E-state index contributed by atoms with van der Waals surface area (Å²) in [6.45, 7) is 1.56. The van der Waals surface area contributed by atoms with E-state index in [0.717, 1.165) is 6.07 Å². The van der Waals surface area contributed by atoms with E-state index in [2.05, 4.69) is 0 Å². The Hall–Kier alpha value is -1.07. The second-order valence-corrected chi connectivity index (χ2v) is 3.73. The largest absolute Gasteiger partial charge is 0.772 e. The van der Waals surface area contributed by atoms with Crippen LogP contribution in [0.4, 0.5) is 4.39 Å². The van der Waals surface area contributed by atoms with Gasteiger partial charge in [-0.05, 0) is 29.6 Å². The third kappa shape index (κ3) is 2.71. The Bertz CT molecular complexity index is 390. The Morgan fingerprint density at radius 1 is 1.57 bits per heavy atom. The molecule has 5 heteroatoms. The van der Waals surface area contributed by atoms with Crippen molar-refractivity contribution in [1.82, 2.24) is 0 Å². The Morgan fingerprint density at radius 3 is 2.71 bits per heavy atom. The Labute approximate surface area is 83.2 Å². The van der Waals surface area contributed by atoms with Gasteiger partial charge in [0.25, 0.3) is 0 Å². The number of carbonyl (C=O) groups excluding carboxylic acids is 1. The summed E-state index contributed by atoms with van der Waals surface area (Å²) in [4.78, 5) is 11.2. The quantitative estimate of drug-likeness (QED) is 0.562. The zero-order chi connectivity index (χ0) is 10.7. The van der Waals surface area contributed by atoms with Gasteiger partial charge < -0.3 is 4.55 Å². The van der Waals surface area contributed by atoms with Crippen LogP contribution in [0.1, 0.15) is 15.9 Å². The molecule has 3 nitrogen and oxygen atoms in total. The highest BCUT2D eigenvalue weighted by Gasteiger charge is 2.07. The fraction of sp³-hybridized carbons (Fsp3) is 0.222. The minimum atomic E-state index is -2.43. The van der Waals surface area contributed by atoms with E-state index < -0.39 is 28.4 Å². The first-order valence-electron chi connectivity index (χ1n) is 3.86. The van der Waals surface area contributed by atoms with Crippen LogP contribution < -0.4 is 0 Å². The molecule has 0 heterocycles. The first-order chi connectivity index (χ1) is 6.50. The van der Waals surface area contributed by atoms with Gasteiger partial charge in [0.1, 0.15) is 5.82 Å². The molecule has 1 rings (SSSR count). The average Bonchev–Trinajstić information content (AvgIpc) is 2.08. The van der Waals surface area contributed by atoms with Gasteiger partial charge in [-0.1, -0.05) is 12.1 Å². The van der Waals surface area contributed by atoms with E-state index in [1.165, 1.54) is 12.1 Å². The molecule has 0 fully saturated rings. The maximum atomic E-state index is 13.0. The third-order valence-corrected chi connectivity index (χ3v) is 2.24. The van der Waals surface area contributed by atoms with Gasteiger partial charge in [0.2, 0.25) is 0 Å². The predicted octanol–water partition coefficient (Wildman–Crippen LogP) is 1.20. The van der Waals surface area contributed by atoms with Gasteiger partial charge in [-0.25, -0.2) is 4.39 Å². The van der Waals surface area contributed by atoms with E-state index in [-0.39, 0.29) is 5.56 Å². The van der Waals surface area contributed by atoms with Crippen LogP contribution in [0, 0.1) is 12.7 Å². The Morgan fingerprint density at radius 2 is 2.21 bits per heavy atom. The van der Waals surface area contributed by atoms with Crippen LogP contribution in [0.25, 0.3) is 0 Å². The molecule has 0 aliphatic heterocycles. The van der Waals surface area contributed by atoms with Crippen molar-refractivity contribution in [3.63, 3.8) is 0 Å². The number of hydrogen-bond donors (Lipinski definition) is 0. The van der Waals surface area contributed by atoms with Crippen molar-refractivity contribution < 1.29 is 17.9 Å². The molecule has 0 amide bonds. The summed E-state index contributed by atoms with van der Waals surface area (Å²) in [5.41, 5.74) is 0.502. The van der Waals surface area contributed by atoms with Gasteiger partial charge >= 0.3 is 0 Å². The summed E-state index contributed by atoms with van der Waals surface area (Å²) >= 11 is -2.43. The standard InChI is InChI=1S/C9H9FO3S/c1-6-2-3-7(4-8(6)10)9(11)5-14(12)13/h2-4H,5H2,1H3,(H,12,13)/p-1. The maximum Gasteiger partial charge on any atom is 0.174 e. The fourth-order valence-corrected chi connectivity index (χ4v) is 1.34. The summed E-state index contributed by atoms with van der Waals surface area (Å²) in [5, 5.41) is 0. The van der Waals surface area contributed by atoms with Crippen molar-refractivity contribution in [2.75, 3.05) is 5.75 Å². The highest BCUT2D eigenvalue weighted by molar-refractivity contribution is 7.79. The van der Waals surface area contributed by atoms with Crippen LogP contribution in [0.2, 0.25) is 0 Å². The first kappa shape index (κ1) is 11.0. The molecule has 0 N–H and O–H groups in total. The Balaban J connectivity index is 2.91. The van der Waals surface area contributed by atoms with Crippen molar-refractivity contribution in [2.24, 2.45) is 0 Å². The van der Waals surface area contributed by atoms with Crippen molar-refractivity contribution in [3.8, 4) is 0 Å². The van der Waals surface area contributed by atoms with E-state index in [4.69, 9.17) is 0 Å². The number of Topliss-reactive ketones (excluding diaryl/α,β-unsaturated/α-hetero) is 1. The molecule has 0 bridgehead atoms. The summed E-state index contributed by atoms with van der Waals surface area (Å²) in [6.07, 6.45) is 0. The zero-order valence-electron chi connectivity index (χ0n) is 7.45. The topological polar surface area (TPSA) is 57.2 Å². The molecule has 0 spiro atoms. The molecule has 14 heavy (non-hydrogen) atoms. The molecule has 1 atom stereocenters. The van der Waals surface area contributed by atoms with Crippen LogP contribution in [-0.4, -0.2) is 20.3 Å². The van der Waals surface area contributed by atoms with Crippen LogP contribution in [0.15, 0.2) is 18.2 Å². The molecule has 0 aromatic heterocycles. The number of aryl methyl sites for hydroxylation is 1. The molecule has 1 aromatic rings. The second-order valence-electron chi connectivity index (χ2n) is 2.84. The van der Waals surface area contributed by atoms with Crippen LogP contribution in [-0.2, 0) is 11.1 Å². The second kappa shape index (κ2) is 4.43. The maximum absolute atomic E-state index is 13.0. The van der Waals surface area contributed by atoms with Crippen molar-refractivity contribution >= 4 is 16.9 Å². The SMILES string of the molecule is Cc1ccc(C(=O)CS(=O)[O-])cc1F. The molecule has 0 aliphatic rings. The number of halogens is 1. The molecule has 0 radical (unpaired) electrons. The summed E-state index contributed by atoms with van der Waals surface area (Å²) in [5.74, 6) is -1.72. The fourth-order valence-electron chi connectivity index (χ4n) is 0.957. The zero-order valence-corrected chi connectivity index (χ0v) is 8.27. The summed E-state index contributed by atoms with van der Waals surface area (Å²) in [7, 11) is 0. The van der Waals surface area contributed by atoms with E-state index >= 15 is 0 Å². The molecule has 1 aromatic carbocycles. The molecular weight excluding hydrogens is 207 g/mol. The number of carbonyl (C=O) groups is 1. The predicted molar refractivity (Wildman–Crippen MR) is 49.3 cm³/mol. The average molecular weight is 215 g/mol. The smallest absolute Gasteiger partial charge is 0.174 e. The molecule has 76 valence electrons. The highest BCUT2D eigenvalue weighted by atomic mass is 32.2. The third-order valence-electron chi connectivity index (χ3n) is 1.74. The minimum Gasteiger partial charge on any atom is -0.772 e. The minimum absolute atomic E-state index is 0.0808. The van der Waals surface area contributed by atoms with Crippen molar-refractivity contribution in [3.05, 3.63) is 35.1 Å². The lowest BCUT2D eigenvalue weighted by Crippen LogP contribution is -2.10. The van der Waals surface area contributed by atoms with Gasteiger partial charge in [0, 0.05) is 5.56 Å². The lowest BCUT2D eigenvalue weighted by molar-refractivity contribution is 0.102. The van der Waals surface area contributed by atoms with Crippen molar-refractivity contribution in [2.45, 2.75) is 6.92 Å². The van der Waals surface area contributed by atoms with Gasteiger partial charge in [-0.15, -0.1) is 0 Å². The van der Waals surface area contributed by atoms with Crippen LogP contribution in [0.5, 0.6) is 0 Å². The molecule has 0 aliphatic carbocycles. The van der Waals surface area contributed by atoms with Gasteiger partial charge in [-0.3, -0.25) is 9.00 Å². The molecule has 1 unspecified atom stereocenters. The molecular formula is C9H8FO3S-.